The van der Waals surface area contributed by atoms with E-state index in [-0.39, 0.29) is 0 Å². The van der Waals surface area contributed by atoms with Crippen molar-refractivity contribution in [2.24, 2.45) is 0 Å². The summed E-state index contributed by atoms with van der Waals surface area (Å²) in [6.45, 7) is 7.88. The highest BCUT2D eigenvalue weighted by atomic mass is 32.2. The molecule has 0 atom stereocenters. The topological polar surface area (TPSA) is 75.2 Å². The molecule has 1 aliphatic carbocycles. The lowest BCUT2D eigenvalue weighted by Gasteiger charge is -2.31. The van der Waals surface area contributed by atoms with Crippen LogP contribution in [0.2, 0.25) is 0 Å². The first-order chi connectivity index (χ1) is 18.7. The third-order valence-corrected chi connectivity index (χ3v) is 9.51. The van der Waals surface area contributed by atoms with Crippen LogP contribution in [0.15, 0.2) is 59.6 Å². The van der Waals surface area contributed by atoms with Gasteiger partial charge >= 0.3 is 0 Å². The summed E-state index contributed by atoms with van der Waals surface area (Å²) < 4.78 is 29.0. The summed E-state index contributed by atoms with van der Waals surface area (Å²) in [6, 6.07) is 16.0. The molecule has 1 aliphatic rings. The smallest absolute Gasteiger partial charge is 0.262 e. The molecule has 0 unspecified atom stereocenters. The third-order valence-electron chi connectivity index (χ3n) is 7.99. The maximum atomic E-state index is 13.1. The average Bonchev–Trinajstić information content (AvgIpc) is 2.93. The maximum Gasteiger partial charge on any atom is 0.262 e. The first-order valence-corrected chi connectivity index (χ1v) is 15.4. The highest BCUT2D eigenvalue weighted by molar-refractivity contribution is 7.92. The standard InChI is InChI=1S/C32H38N4O2S/c1-6-24-18-25(19-26-20-33-32(34-31(24)26)36(5)28-10-8-7-9-11-28)29-15-14-27(17-23(29)4)35-39(37,38)30-16-21(2)12-13-22(30)3/h12-20,28,35H,6-11H2,1-5H3. The summed E-state index contributed by atoms with van der Waals surface area (Å²) in [5.74, 6) is 0.800. The zero-order chi connectivity index (χ0) is 27.7. The van der Waals surface area contributed by atoms with Crippen molar-refractivity contribution < 1.29 is 8.42 Å². The van der Waals surface area contributed by atoms with Crippen molar-refractivity contribution in [3.63, 3.8) is 0 Å². The molecule has 0 spiro atoms. The normalized spacial score (nSPS) is 14.5. The number of fused-ring (bicyclic) bond motifs is 1. The maximum absolute atomic E-state index is 13.1. The number of anilines is 2. The van der Waals surface area contributed by atoms with E-state index in [1.807, 2.05) is 57.3 Å². The molecule has 3 aromatic carbocycles. The number of nitrogens with one attached hydrogen (secondary N) is 1. The Morgan fingerprint density at radius 3 is 2.44 bits per heavy atom. The number of aryl methyl sites for hydroxylation is 4. The van der Waals surface area contributed by atoms with Crippen LogP contribution >= 0.6 is 0 Å². The first kappa shape index (κ1) is 27.1. The lowest BCUT2D eigenvalue weighted by atomic mass is 9.94. The minimum absolute atomic E-state index is 0.305. The Morgan fingerprint density at radius 1 is 0.949 bits per heavy atom. The Labute approximate surface area is 232 Å². The SMILES string of the molecule is CCc1cc(-c2ccc(NS(=O)(=O)c3cc(C)ccc3C)cc2C)cc2cnc(N(C)C3CCCCC3)nc12. The van der Waals surface area contributed by atoms with Gasteiger partial charge in [-0.1, -0.05) is 44.4 Å². The molecule has 39 heavy (non-hydrogen) atoms. The second-order valence-electron chi connectivity index (χ2n) is 10.9. The van der Waals surface area contributed by atoms with Crippen LogP contribution in [0.1, 0.15) is 61.3 Å². The molecule has 5 rings (SSSR count). The van der Waals surface area contributed by atoms with Crippen LogP contribution in [0.25, 0.3) is 22.0 Å². The fourth-order valence-corrected chi connectivity index (χ4v) is 7.07. The molecule has 0 amide bonds. The number of rotatable bonds is 7. The molecule has 1 saturated carbocycles. The van der Waals surface area contributed by atoms with Gasteiger partial charge in [-0.15, -0.1) is 0 Å². The van der Waals surface area contributed by atoms with E-state index in [1.54, 1.807) is 6.07 Å². The van der Waals surface area contributed by atoms with Gasteiger partial charge < -0.3 is 4.90 Å². The number of benzene rings is 3. The van der Waals surface area contributed by atoms with Crippen molar-refractivity contribution in [2.75, 3.05) is 16.7 Å². The number of hydrogen-bond acceptors (Lipinski definition) is 5. The predicted molar refractivity (Wildman–Crippen MR) is 161 cm³/mol. The number of sulfonamides is 1. The van der Waals surface area contributed by atoms with Crippen molar-refractivity contribution >= 4 is 32.6 Å². The largest absolute Gasteiger partial charge is 0.341 e. The quantitative estimate of drug-likeness (QED) is 0.264. The van der Waals surface area contributed by atoms with Gasteiger partial charge in [0.2, 0.25) is 5.95 Å². The summed E-state index contributed by atoms with van der Waals surface area (Å²) in [7, 11) is -1.57. The van der Waals surface area contributed by atoms with Gasteiger partial charge in [-0.3, -0.25) is 4.72 Å². The monoisotopic (exact) mass is 542 g/mol. The Balaban J connectivity index is 1.45. The summed E-state index contributed by atoms with van der Waals surface area (Å²) in [5, 5.41) is 1.02. The predicted octanol–water partition coefficient (Wildman–Crippen LogP) is 7.35. The molecular weight excluding hydrogens is 504 g/mol. The van der Waals surface area contributed by atoms with Gasteiger partial charge in [0.15, 0.2) is 0 Å². The molecule has 0 aliphatic heterocycles. The van der Waals surface area contributed by atoms with Gasteiger partial charge in [-0.2, -0.15) is 0 Å². The average molecular weight is 543 g/mol. The fraction of sp³-hybridized carbons (Fsp3) is 0.375. The summed E-state index contributed by atoms with van der Waals surface area (Å²) in [6.07, 6.45) is 9.09. The Bertz CT molecular complexity index is 1630. The lowest BCUT2D eigenvalue weighted by Crippen LogP contribution is -2.34. The highest BCUT2D eigenvalue weighted by Gasteiger charge is 2.21. The van der Waals surface area contributed by atoms with Crippen molar-refractivity contribution in [2.45, 2.75) is 77.2 Å². The Hall–Kier alpha value is -3.45. The van der Waals surface area contributed by atoms with Crippen LogP contribution in [-0.4, -0.2) is 31.5 Å². The number of hydrogen-bond donors (Lipinski definition) is 1. The summed E-state index contributed by atoms with van der Waals surface area (Å²) in [4.78, 5) is 12.3. The molecule has 6 nitrogen and oxygen atoms in total. The first-order valence-electron chi connectivity index (χ1n) is 13.9. The van der Waals surface area contributed by atoms with E-state index in [0.29, 0.717) is 16.6 Å². The minimum atomic E-state index is -3.69. The second kappa shape index (κ2) is 11.0. The molecule has 7 heteroatoms. The molecule has 0 saturated heterocycles. The van der Waals surface area contributed by atoms with E-state index in [9.17, 15) is 8.42 Å². The van der Waals surface area contributed by atoms with Crippen LogP contribution in [0.4, 0.5) is 11.6 Å². The number of nitrogens with zero attached hydrogens (tertiary/aromatic N) is 3. The van der Waals surface area contributed by atoms with Crippen molar-refractivity contribution in [1.82, 2.24) is 9.97 Å². The van der Waals surface area contributed by atoms with E-state index in [1.165, 1.54) is 37.7 Å². The van der Waals surface area contributed by atoms with E-state index in [0.717, 1.165) is 51.1 Å². The lowest BCUT2D eigenvalue weighted by molar-refractivity contribution is 0.424. The van der Waals surface area contributed by atoms with Gasteiger partial charge in [-0.05, 0) is 104 Å². The third kappa shape index (κ3) is 5.64. The van der Waals surface area contributed by atoms with Crippen LogP contribution in [-0.2, 0) is 16.4 Å². The second-order valence-corrected chi connectivity index (χ2v) is 12.6. The summed E-state index contributed by atoms with van der Waals surface area (Å²) >= 11 is 0. The zero-order valence-electron chi connectivity index (χ0n) is 23.6. The van der Waals surface area contributed by atoms with Gasteiger partial charge in [0.25, 0.3) is 10.0 Å². The van der Waals surface area contributed by atoms with Crippen LogP contribution in [0, 0.1) is 20.8 Å². The van der Waals surface area contributed by atoms with E-state index in [2.05, 4.69) is 35.7 Å². The van der Waals surface area contributed by atoms with Gasteiger partial charge in [0, 0.05) is 30.4 Å². The van der Waals surface area contributed by atoms with Gasteiger partial charge in [0.05, 0.1) is 10.4 Å². The fourth-order valence-electron chi connectivity index (χ4n) is 5.69. The molecule has 0 radical (unpaired) electrons. The van der Waals surface area contributed by atoms with Crippen molar-refractivity contribution in [3.05, 3.63) is 77.0 Å². The van der Waals surface area contributed by atoms with E-state index < -0.39 is 10.0 Å². The zero-order valence-corrected chi connectivity index (χ0v) is 24.4. The molecule has 1 heterocycles. The van der Waals surface area contributed by atoms with Crippen molar-refractivity contribution in [1.29, 1.82) is 0 Å². The van der Waals surface area contributed by atoms with Gasteiger partial charge in [0.1, 0.15) is 0 Å². The summed E-state index contributed by atoms with van der Waals surface area (Å²) in [5.41, 5.74) is 7.50. The van der Waals surface area contributed by atoms with Crippen LogP contribution < -0.4 is 9.62 Å². The molecule has 1 aromatic heterocycles. The van der Waals surface area contributed by atoms with E-state index >= 15 is 0 Å². The molecule has 204 valence electrons. The minimum Gasteiger partial charge on any atom is -0.341 e. The highest BCUT2D eigenvalue weighted by Crippen LogP contribution is 2.33. The molecule has 1 fully saturated rings. The van der Waals surface area contributed by atoms with E-state index in [4.69, 9.17) is 9.97 Å². The van der Waals surface area contributed by atoms with Gasteiger partial charge in [-0.25, -0.2) is 18.4 Å². The van der Waals surface area contributed by atoms with Crippen molar-refractivity contribution in [3.8, 4) is 11.1 Å². The molecule has 0 bridgehead atoms. The molecular formula is C32H38N4O2S. The number of aromatic nitrogens is 2. The van der Waals surface area contributed by atoms with Crippen LogP contribution in [0.3, 0.4) is 0 Å². The van der Waals surface area contributed by atoms with Crippen LogP contribution in [0.5, 0.6) is 0 Å². The molecule has 1 N–H and O–H groups in total. The Morgan fingerprint density at radius 2 is 1.72 bits per heavy atom. The Kier molecular flexibility index (Phi) is 7.63. The molecule has 4 aromatic rings.